The van der Waals surface area contributed by atoms with Gasteiger partial charge in [0.25, 0.3) is 5.91 Å². The van der Waals surface area contributed by atoms with Gasteiger partial charge in [0.15, 0.2) is 0 Å². The molecule has 1 aromatic carbocycles. The molecular weight excluding hydrogens is 384 g/mol. The van der Waals surface area contributed by atoms with Crippen LogP contribution in [-0.2, 0) is 16.6 Å². The number of hydrogen-bond donors (Lipinski definition) is 0. The number of nitrogens with zero attached hydrogens (tertiary/aromatic N) is 2. The summed E-state index contributed by atoms with van der Waals surface area (Å²) in [6.07, 6.45) is 1.54. The van der Waals surface area contributed by atoms with E-state index in [1.54, 1.807) is 31.3 Å². The summed E-state index contributed by atoms with van der Waals surface area (Å²) in [6, 6.07) is 8.03. The lowest BCUT2D eigenvalue weighted by atomic mass is 10.2. The summed E-state index contributed by atoms with van der Waals surface area (Å²) in [5, 5.41) is 0. The normalized spacial score (nSPS) is 11.7. The van der Waals surface area contributed by atoms with Crippen molar-refractivity contribution < 1.29 is 17.6 Å². The van der Waals surface area contributed by atoms with E-state index in [9.17, 15) is 13.2 Å². The third-order valence-corrected chi connectivity index (χ3v) is 6.07. The standard InChI is InChI=1S/C15H17BrN2O4S/c1-17(2)23(20,21)14-9-11(6-7-13(14)16)15(19)18(3)10-12-5-4-8-22-12/h4-9H,10H2,1-3H3. The highest BCUT2D eigenvalue weighted by atomic mass is 79.9. The van der Waals surface area contributed by atoms with Crippen LogP contribution in [0.15, 0.2) is 50.4 Å². The third kappa shape index (κ3) is 3.82. The second kappa shape index (κ2) is 6.86. The van der Waals surface area contributed by atoms with Gasteiger partial charge in [0.1, 0.15) is 5.76 Å². The summed E-state index contributed by atoms with van der Waals surface area (Å²) >= 11 is 3.22. The second-order valence-electron chi connectivity index (χ2n) is 5.17. The number of carbonyl (C=O) groups is 1. The smallest absolute Gasteiger partial charge is 0.254 e. The predicted molar refractivity (Wildman–Crippen MR) is 89.5 cm³/mol. The molecule has 8 heteroatoms. The minimum absolute atomic E-state index is 0.0553. The summed E-state index contributed by atoms with van der Waals surface area (Å²) in [4.78, 5) is 14.0. The van der Waals surface area contributed by atoms with Crippen molar-refractivity contribution in [2.24, 2.45) is 0 Å². The monoisotopic (exact) mass is 400 g/mol. The van der Waals surface area contributed by atoms with Gasteiger partial charge in [-0.15, -0.1) is 0 Å². The number of amides is 1. The number of carbonyl (C=O) groups excluding carboxylic acids is 1. The fourth-order valence-electron chi connectivity index (χ4n) is 1.96. The van der Waals surface area contributed by atoms with E-state index < -0.39 is 10.0 Å². The van der Waals surface area contributed by atoms with Crippen LogP contribution in [0.4, 0.5) is 0 Å². The molecule has 1 amide bonds. The number of benzene rings is 1. The summed E-state index contributed by atoms with van der Waals surface area (Å²) in [5.74, 6) is 0.364. The molecule has 0 fully saturated rings. The molecule has 124 valence electrons. The van der Waals surface area contributed by atoms with Crippen molar-refractivity contribution in [3.63, 3.8) is 0 Å². The Morgan fingerprint density at radius 2 is 1.91 bits per heavy atom. The van der Waals surface area contributed by atoms with Crippen LogP contribution in [0.3, 0.4) is 0 Å². The Kier molecular flexibility index (Phi) is 5.28. The van der Waals surface area contributed by atoms with E-state index in [1.807, 2.05) is 0 Å². The van der Waals surface area contributed by atoms with E-state index in [1.165, 1.54) is 31.3 Å². The zero-order valence-corrected chi connectivity index (χ0v) is 15.4. The van der Waals surface area contributed by atoms with Crippen LogP contribution < -0.4 is 0 Å². The number of hydrogen-bond acceptors (Lipinski definition) is 4. The van der Waals surface area contributed by atoms with Gasteiger partial charge in [-0.1, -0.05) is 0 Å². The van der Waals surface area contributed by atoms with Crippen LogP contribution in [0.25, 0.3) is 0 Å². The maximum atomic E-state index is 12.5. The molecule has 0 spiro atoms. The Hall–Kier alpha value is -1.64. The lowest BCUT2D eigenvalue weighted by Crippen LogP contribution is -2.27. The van der Waals surface area contributed by atoms with Crippen molar-refractivity contribution in [2.75, 3.05) is 21.1 Å². The molecule has 0 aliphatic rings. The highest BCUT2D eigenvalue weighted by Crippen LogP contribution is 2.26. The highest BCUT2D eigenvalue weighted by Gasteiger charge is 2.23. The van der Waals surface area contributed by atoms with Crippen molar-refractivity contribution in [3.8, 4) is 0 Å². The van der Waals surface area contributed by atoms with E-state index in [0.717, 1.165) is 4.31 Å². The number of furan rings is 1. The van der Waals surface area contributed by atoms with Crippen LogP contribution in [-0.4, -0.2) is 44.7 Å². The van der Waals surface area contributed by atoms with Gasteiger partial charge in [-0.05, 0) is 46.3 Å². The molecule has 0 aliphatic heterocycles. The molecule has 0 atom stereocenters. The van der Waals surface area contributed by atoms with Gasteiger partial charge in [0.05, 0.1) is 17.7 Å². The van der Waals surface area contributed by atoms with E-state index in [4.69, 9.17) is 4.42 Å². The summed E-state index contributed by atoms with van der Waals surface area (Å²) in [6.45, 7) is 0.303. The maximum absolute atomic E-state index is 12.5. The molecule has 1 aromatic heterocycles. The third-order valence-electron chi connectivity index (χ3n) is 3.26. The summed E-state index contributed by atoms with van der Waals surface area (Å²) in [7, 11) is 0.877. The van der Waals surface area contributed by atoms with Crippen LogP contribution in [0.1, 0.15) is 16.1 Å². The van der Waals surface area contributed by atoms with Crippen LogP contribution in [0.5, 0.6) is 0 Å². The molecule has 2 aromatic rings. The van der Waals surface area contributed by atoms with Crippen LogP contribution >= 0.6 is 15.9 Å². The van der Waals surface area contributed by atoms with Crippen molar-refractivity contribution in [1.29, 1.82) is 0 Å². The Balaban J connectivity index is 2.32. The van der Waals surface area contributed by atoms with Crippen LogP contribution in [0.2, 0.25) is 0 Å². The zero-order valence-electron chi connectivity index (χ0n) is 13.0. The van der Waals surface area contributed by atoms with Crippen molar-refractivity contribution in [2.45, 2.75) is 11.4 Å². The molecule has 6 nitrogen and oxygen atoms in total. The van der Waals surface area contributed by atoms with Crippen molar-refractivity contribution >= 4 is 31.9 Å². The lowest BCUT2D eigenvalue weighted by molar-refractivity contribution is 0.0775. The minimum Gasteiger partial charge on any atom is -0.467 e. The van der Waals surface area contributed by atoms with Gasteiger partial charge in [-0.2, -0.15) is 0 Å². The first-order valence-corrected chi connectivity index (χ1v) is 8.96. The molecule has 0 radical (unpaired) electrons. The van der Waals surface area contributed by atoms with E-state index in [0.29, 0.717) is 22.3 Å². The summed E-state index contributed by atoms with van der Waals surface area (Å²) < 4.78 is 31.4. The molecule has 0 N–H and O–H groups in total. The van der Waals surface area contributed by atoms with E-state index in [-0.39, 0.29) is 10.8 Å². The first-order valence-electron chi connectivity index (χ1n) is 6.73. The Bertz CT molecular complexity index is 801. The Labute approximate surface area is 143 Å². The molecule has 23 heavy (non-hydrogen) atoms. The lowest BCUT2D eigenvalue weighted by Gasteiger charge is -2.18. The van der Waals surface area contributed by atoms with Gasteiger partial charge in [-0.3, -0.25) is 4.79 Å². The molecule has 1 heterocycles. The van der Waals surface area contributed by atoms with Crippen molar-refractivity contribution in [1.82, 2.24) is 9.21 Å². The molecule has 0 aliphatic carbocycles. The summed E-state index contributed by atoms with van der Waals surface area (Å²) in [5.41, 5.74) is 0.294. The first-order chi connectivity index (χ1) is 10.7. The average Bonchev–Trinajstić information content (AvgIpc) is 2.99. The largest absolute Gasteiger partial charge is 0.467 e. The Morgan fingerprint density at radius 1 is 1.22 bits per heavy atom. The number of halogens is 1. The molecule has 0 saturated carbocycles. The van der Waals surface area contributed by atoms with E-state index in [2.05, 4.69) is 15.9 Å². The second-order valence-corrected chi connectivity index (χ2v) is 8.15. The van der Waals surface area contributed by atoms with Gasteiger partial charge in [0, 0.05) is 31.2 Å². The molecule has 0 saturated heterocycles. The van der Waals surface area contributed by atoms with E-state index >= 15 is 0 Å². The quantitative estimate of drug-likeness (QED) is 0.772. The van der Waals surface area contributed by atoms with Gasteiger partial charge in [0.2, 0.25) is 10.0 Å². The Morgan fingerprint density at radius 3 is 2.48 bits per heavy atom. The molecule has 2 rings (SSSR count). The fourth-order valence-corrected chi connectivity index (χ4v) is 3.80. The topological polar surface area (TPSA) is 70.8 Å². The minimum atomic E-state index is -3.64. The average molecular weight is 401 g/mol. The van der Waals surface area contributed by atoms with Gasteiger partial charge < -0.3 is 9.32 Å². The fraction of sp³-hybridized carbons (Fsp3) is 0.267. The molecule has 0 unspecified atom stereocenters. The SMILES string of the molecule is CN(Cc1ccco1)C(=O)c1ccc(Br)c(S(=O)(=O)N(C)C)c1. The predicted octanol–water partition coefficient (Wildman–Crippen LogP) is 2.56. The van der Waals surface area contributed by atoms with Gasteiger partial charge in [-0.25, -0.2) is 12.7 Å². The molecular formula is C15H17BrN2O4S. The first kappa shape index (κ1) is 17.7. The highest BCUT2D eigenvalue weighted by molar-refractivity contribution is 9.10. The maximum Gasteiger partial charge on any atom is 0.254 e. The van der Waals surface area contributed by atoms with Crippen LogP contribution in [0, 0.1) is 0 Å². The van der Waals surface area contributed by atoms with Gasteiger partial charge >= 0.3 is 0 Å². The van der Waals surface area contributed by atoms with Crippen molar-refractivity contribution in [3.05, 3.63) is 52.4 Å². The molecule has 0 bridgehead atoms. The number of rotatable bonds is 5. The zero-order chi connectivity index (χ0) is 17.2. The number of sulfonamides is 1.